The molecule has 0 spiro atoms. The minimum absolute atomic E-state index is 0.0217. The van der Waals surface area contributed by atoms with Crippen LogP contribution in [0, 0.1) is 6.92 Å². The van der Waals surface area contributed by atoms with E-state index in [9.17, 15) is 9.59 Å². The standard InChI is InChI=1S/C15H14Cl2N2O4/c1-8-12(15(22)18-7-3-6-11(20)21)14(19-23-8)13-9(16)4-2-5-10(13)17/h2,4-5H,3,6-7H2,1H3,(H,18,22)(H,20,21). The van der Waals surface area contributed by atoms with E-state index in [4.69, 9.17) is 32.8 Å². The van der Waals surface area contributed by atoms with Crippen LogP contribution in [-0.2, 0) is 4.79 Å². The highest BCUT2D eigenvalue weighted by Gasteiger charge is 2.24. The van der Waals surface area contributed by atoms with Crippen LogP contribution in [0.2, 0.25) is 10.0 Å². The average Bonchev–Trinajstić information content (AvgIpc) is 2.85. The van der Waals surface area contributed by atoms with Crippen molar-refractivity contribution in [1.29, 1.82) is 0 Å². The predicted molar refractivity (Wildman–Crippen MR) is 85.9 cm³/mol. The molecule has 0 saturated heterocycles. The third-order valence-corrected chi connectivity index (χ3v) is 3.77. The van der Waals surface area contributed by atoms with Crippen molar-refractivity contribution in [3.8, 4) is 11.3 Å². The highest BCUT2D eigenvalue weighted by molar-refractivity contribution is 6.39. The summed E-state index contributed by atoms with van der Waals surface area (Å²) in [6.07, 6.45) is 0.305. The van der Waals surface area contributed by atoms with Gasteiger partial charge >= 0.3 is 5.97 Å². The highest BCUT2D eigenvalue weighted by Crippen LogP contribution is 2.36. The van der Waals surface area contributed by atoms with Crippen LogP contribution in [0.1, 0.15) is 29.0 Å². The van der Waals surface area contributed by atoms with E-state index in [0.717, 1.165) is 0 Å². The van der Waals surface area contributed by atoms with Crippen molar-refractivity contribution < 1.29 is 19.2 Å². The lowest BCUT2D eigenvalue weighted by molar-refractivity contribution is -0.137. The average molecular weight is 357 g/mol. The number of nitrogens with one attached hydrogen (secondary N) is 1. The van der Waals surface area contributed by atoms with E-state index in [0.29, 0.717) is 27.8 Å². The molecule has 0 fully saturated rings. The van der Waals surface area contributed by atoms with Crippen LogP contribution in [0.3, 0.4) is 0 Å². The van der Waals surface area contributed by atoms with Crippen molar-refractivity contribution in [3.63, 3.8) is 0 Å². The third-order valence-electron chi connectivity index (χ3n) is 3.14. The lowest BCUT2D eigenvalue weighted by Gasteiger charge is -2.07. The van der Waals surface area contributed by atoms with Crippen molar-refractivity contribution >= 4 is 35.1 Å². The van der Waals surface area contributed by atoms with Gasteiger partial charge in [-0.05, 0) is 25.5 Å². The van der Waals surface area contributed by atoms with E-state index in [1.54, 1.807) is 25.1 Å². The zero-order valence-corrected chi connectivity index (χ0v) is 13.7. The molecule has 122 valence electrons. The molecule has 8 heteroatoms. The van der Waals surface area contributed by atoms with Gasteiger partial charge in [-0.1, -0.05) is 34.4 Å². The molecule has 0 radical (unpaired) electrons. The monoisotopic (exact) mass is 356 g/mol. The summed E-state index contributed by atoms with van der Waals surface area (Å²) >= 11 is 12.3. The van der Waals surface area contributed by atoms with Gasteiger partial charge in [-0.15, -0.1) is 0 Å². The SMILES string of the molecule is Cc1onc(-c2c(Cl)cccc2Cl)c1C(=O)NCCCC(=O)O. The van der Waals surface area contributed by atoms with Crippen molar-refractivity contribution in [1.82, 2.24) is 10.5 Å². The second kappa shape index (κ2) is 7.48. The van der Waals surface area contributed by atoms with Gasteiger partial charge in [0.1, 0.15) is 17.0 Å². The van der Waals surface area contributed by atoms with Crippen molar-refractivity contribution in [2.24, 2.45) is 0 Å². The zero-order valence-electron chi connectivity index (χ0n) is 12.2. The van der Waals surface area contributed by atoms with Gasteiger partial charge in [-0.3, -0.25) is 9.59 Å². The Labute approximate surface area is 142 Å². The molecule has 0 aliphatic heterocycles. The summed E-state index contributed by atoms with van der Waals surface area (Å²) < 4.78 is 5.10. The number of hydrogen-bond acceptors (Lipinski definition) is 4. The fourth-order valence-electron chi connectivity index (χ4n) is 2.06. The molecular weight excluding hydrogens is 343 g/mol. The van der Waals surface area contributed by atoms with Crippen molar-refractivity contribution in [2.45, 2.75) is 19.8 Å². The molecule has 23 heavy (non-hydrogen) atoms. The first-order chi connectivity index (χ1) is 10.9. The number of aliphatic carboxylic acids is 1. The maximum Gasteiger partial charge on any atom is 0.303 e. The minimum atomic E-state index is -0.913. The predicted octanol–water partition coefficient (Wildman–Crippen LogP) is 3.55. The lowest BCUT2D eigenvalue weighted by Crippen LogP contribution is -2.25. The molecule has 1 aromatic heterocycles. The number of carbonyl (C=O) groups excluding carboxylic acids is 1. The number of halogens is 2. The van der Waals surface area contributed by atoms with Crippen LogP contribution in [0.5, 0.6) is 0 Å². The smallest absolute Gasteiger partial charge is 0.303 e. The Morgan fingerprint density at radius 3 is 2.57 bits per heavy atom. The molecular formula is C15H14Cl2N2O4. The van der Waals surface area contributed by atoms with E-state index < -0.39 is 11.9 Å². The second-order valence-electron chi connectivity index (χ2n) is 4.81. The van der Waals surface area contributed by atoms with E-state index in [1.165, 1.54) is 0 Å². The van der Waals surface area contributed by atoms with Crippen LogP contribution in [0.15, 0.2) is 22.7 Å². The summed E-state index contributed by atoms with van der Waals surface area (Å²) in [4.78, 5) is 22.8. The molecule has 0 aliphatic rings. The number of rotatable bonds is 6. The number of aryl methyl sites for hydroxylation is 1. The minimum Gasteiger partial charge on any atom is -0.481 e. The van der Waals surface area contributed by atoms with Crippen molar-refractivity contribution in [2.75, 3.05) is 6.54 Å². The maximum atomic E-state index is 12.3. The van der Waals surface area contributed by atoms with Crippen LogP contribution in [0.4, 0.5) is 0 Å². The number of benzene rings is 1. The fraction of sp³-hybridized carbons (Fsp3) is 0.267. The molecule has 0 saturated carbocycles. The molecule has 1 amide bonds. The van der Waals surface area contributed by atoms with Gasteiger partial charge in [0.25, 0.3) is 5.91 Å². The van der Waals surface area contributed by atoms with E-state index in [-0.39, 0.29) is 24.2 Å². The quantitative estimate of drug-likeness (QED) is 0.772. The summed E-state index contributed by atoms with van der Waals surface area (Å²) in [7, 11) is 0. The number of carboxylic acids is 1. The molecule has 0 bridgehead atoms. The summed E-state index contributed by atoms with van der Waals surface area (Å²) in [6.45, 7) is 1.83. The highest BCUT2D eigenvalue weighted by atomic mass is 35.5. The van der Waals surface area contributed by atoms with Crippen molar-refractivity contribution in [3.05, 3.63) is 39.6 Å². The Morgan fingerprint density at radius 1 is 1.30 bits per heavy atom. The van der Waals surface area contributed by atoms with E-state index in [2.05, 4.69) is 10.5 Å². The molecule has 6 nitrogen and oxygen atoms in total. The van der Waals surface area contributed by atoms with Crippen LogP contribution >= 0.6 is 23.2 Å². The number of carboxylic acid groups (broad SMARTS) is 1. The fourth-order valence-corrected chi connectivity index (χ4v) is 2.64. The molecule has 1 heterocycles. The zero-order chi connectivity index (χ0) is 17.0. The largest absolute Gasteiger partial charge is 0.481 e. The second-order valence-corrected chi connectivity index (χ2v) is 5.63. The van der Waals surface area contributed by atoms with Crippen LogP contribution < -0.4 is 5.32 Å². The molecule has 0 atom stereocenters. The first kappa shape index (κ1) is 17.3. The van der Waals surface area contributed by atoms with Gasteiger partial charge in [0.2, 0.25) is 0 Å². The van der Waals surface area contributed by atoms with Gasteiger partial charge in [-0.25, -0.2) is 0 Å². The number of hydrogen-bond donors (Lipinski definition) is 2. The Hall–Kier alpha value is -2.05. The van der Waals surface area contributed by atoms with Gasteiger partial charge in [0, 0.05) is 18.5 Å². The number of aromatic nitrogens is 1. The first-order valence-electron chi connectivity index (χ1n) is 6.82. The number of carbonyl (C=O) groups is 2. The summed E-state index contributed by atoms with van der Waals surface area (Å²) in [5.74, 6) is -1.00. The molecule has 0 unspecified atom stereocenters. The van der Waals surface area contributed by atoms with Gasteiger partial charge in [-0.2, -0.15) is 0 Å². The Morgan fingerprint density at radius 2 is 1.96 bits per heavy atom. The van der Waals surface area contributed by atoms with E-state index >= 15 is 0 Å². The molecule has 2 N–H and O–H groups in total. The lowest BCUT2D eigenvalue weighted by atomic mass is 10.1. The van der Waals surface area contributed by atoms with Crippen LogP contribution in [0.25, 0.3) is 11.3 Å². The van der Waals surface area contributed by atoms with Gasteiger partial charge in [0.15, 0.2) is 0 Å². The van der Waals surface area contributed by atoms with E-state index in [1.807, 2.05) is 0 Å². The first-order valence-corrected chi connectivity index (χ1v) is 7.58. The molecule has 2 aromatic rings. The summed E-state index contributed by atoms with van der Waals surface area (Å²) in [5.41, 5.74) is 0.910. The number of nitrogens with zero attached hydrogens (tertiary/aromatic N) is 1. The van der Waals surface area contributed by atoms with Crippen LogP contribution in [-0.4, -0.2) is 28.7 Å². The molecule has 2 rings (SSSR count). The summed E-state index contributed by atoms with van der Waals surface area (Å²) in [5, 5.41) is 15.8. The van der Waals surface area contributed by atoms with Gasteiger partial charge in [0.05, 0.1) is 10.0 Å². The Balaban J connectivity index is 2.25. The topological polar surface area (TPSA) is 92.4 Å². The Bertz CT molecular complexity index is 723. The van der Waals surface area contributed by atoms with Gasteiger partial charge < -0.3 is 14.9 Å². The number of amides is 1. The maximum absolute atomic E-state index is 12.3. The summed E-state index contributed by atoms with van der Waals surface area (Å²) in [6, 6.07) is 4.97. The molecule has 0 aliphatic carbocycles. The molecule has 1 aromatic carbocycles. The third kappa shape index (κ3) is 4.03. The Kier molecular flexibility index (Phi) is 5.63. The normalized spacial score (nSPS) is 10.6.